The van der Waals surface area contributed by atoms with Gasteiger partial charge in [0.1, 0.15) is 17.2 Å². The van der Waals surface area contributed by atoms with E-state index in [9.17, 15) is 4.79 Å². The van der Waals surface area contributed by atoms with Crippen LogP contribution in [0.1, 0.15) is 42.0 Å². The van der Waals surface area contributed by atoms with Crippen LogP contribution < -0.4 is 14.8 Å². The van der Waals surface area contributed by atoms with E-state index >= 15 is 0 Å². The molecule has 5 heteroatoms. The number of nitrogens with zero attached hydrogens (tertiary/aromatic N) is 1. The van der Waals surface area contributed by atoms with Crippen molar-refractivity contribution in [3.63, 3.8) is 0 Å². The summed E-state index contributed by atoms with van der Waals surface area (Å²) < 4.78 is 11.3. The Morgan fingerprint density at radius 3 is 2.10 bits per heavy atom. The van der Waals surface area contributed by atoms with Gasteiger partial charge in [-0.1, -0.05) is 13.3 Å². The second kappa shape index (κ2) is 9.73. The molecule has 3 rings (SSSR count). The molecule has 0 saturated heterocycles. The van der Waals surface area contributed by atoms with Crippen molar-refractivity contribution in [3.05, 3.63) is 77.6 Å². The normalized spacial score (nSPS) is 10.4. The maximum atomic E-state index is 12.6. The predicted octanol–water partition coefficient (Wildman–Crippen LogP) is 5.79. The molecule has 0 aliphatic carbocycles. The number of pyridine rings is 1. The van der Waals surface area contributed by atoms with Gasteiger partial charge in [-0.25, -0.2) is 0 Å². The summed E-state index contributed by atoms with van der Waals surface area (Å²) in [4.78, 5) is 17.1. The molecule has 1 heterocycles. The number of amides is 1. The lowest BCUT2D eigenvalue weighted by molar-refractivity contribution is 0.102. The van der Waals surface area contributed by atoms with Crippen LogP contribution in [0.25, 0.3) is 0 Å². The van der Waals surface area contributed by atoms with E-state index in [4.69, 9.17) is 9.47 Å². The summed E-state index contributed by atoms with van der Waals surface area (Å²) in [5.41, 5.74) is 3.03. The topological polar surface area (TPSA) is 60.5 Å². The predicted molar refractivity (Wildman–Crippen MR) is 115 cm³/mol. The zero-order chi connectivity index (χ0) is 20.6. The Morgan fingerprint density at radius 1 is 0.897 bits per heavy atom. The highest BCUT2D eigenvalue weighted by molar-refractivity contribution is 6.05. The molecule has 1 N–H and O–H groups in total. The molecule has 2 aromatic carbocycles. The van der Waals surface area contributed by atoms with Crippen LogP contribution >= 0.6 is 0 Å². The van der Waals surface area contributed by atoms with E-state index in [0.717, 1.165) is 35.7 Å². The fourth-order valence-corrected chi connectivity index (χ4v) is 2.96. The fourth-order valence-electron chi connectivity index (χ4n) is 2.96. The molecule has 0 radical (unpaired) electrons. The van der Waals surface area contributed by atoms with Crippen LogP contribution in [0.4, 0.5) is 5.69 Å². The van der Waals surface area contributed by atoms with E-state index in [2.05, 4.69) is 17.2 Å². The summed E-state index contributed by atoms with van der Waals surface area (Å²) in [7, 11) is 0. The molecule has 0 bridgehead atoms. The number of hydrogen-bond acceptors (Lipinski definition) is 4. The number of anilines is 1. The number of aromatic nitrogens is 1. The smallest absolute Gasteiger partial charge is 0.257 e. The van der Waals surface area contributed by atoms with Gasteiger partial charge in [-0.3, -0.25) is 9.78 Å². The molecule has 3 aromatic rings. The summed E-state index contributed by atoms with van der Waals surface area (Å²) in [6, 6.07) is 18.5. The third-order valence-electron chi connectivity index (χ3n) is 4.38. The Morgan fingerprint density at radius 2 is 1.52 bits per heavy atom. The van der Waals surface area contributed by atoms with Gasteiger partial charge in [0.2, 0.25) is 0 Å². The molecule has 0 atom stereocenters. The lowest BCUT2D eigenvalue weighted by Crippen LogP contribution is -2.14. The average molecular weight is 390 g/mol. The van der Waals surface area contributed by atoms with E-state index in [1.54, 1.807) is 0 Å². The third kappa shape index (κ3) is 5.57. The van der Waals surface area contributed by atoms with Crippen LogP contribution in [0.3, 0.4) is 0 Å². The van der Waals surface area contributed by atoms with Crippen LogP contribution in [0, 0.1) is 6.92 Å². The van der Waals surface area contributed by atoms with E-state index in [1.807, 2.05) is 74.5 Å². The van der Waals surface area contributed by atoms with Crippen molar-refractivity contribution in [1.29, 1.82) is 0 Å². The molecule has 5 nitrogen and oxygen atoms in total. The van der Waals surface area contributed by atoms with Crippen LogP contribution in [0.2, 0.25) is 0 Å². The molecule has 0 fully saturated rings. The number of nitrogens with one attached hydrogen (secondary N) is 1. The Labute approximate surface area is 171 Å². The average Bonchev–Trinajstić information content (AvgIpc) is 2.71. The quantitative estimate of drug-likeness (QED) is 0.529. The standard InChI is InChI=1S/C24H26N2O3/c1-4-6-18-9-16-23(17(3)25-18)24(27)26-19-7-10-21(11-8-19)29-22-14-12-20(13-15-22)28-5-2/h7-16H,4-6H2,1-3H3,(H,26,27). The minimum Gasteiger partial charge on any atom is -0.494 e. The van der Waals surface area contributed by atoms with Crippen LogP contribution in [-0.4, -0.2) is 17.5 Å². The van der Waals surface area contributed by atoms with E-state index in [0.29, 0.717) is 23.6 Å². The first-order valence-electron chi connectivity index (χ1n) is 9.87. The molecule has 29 heavy (non-hydrogen) atoms. The molecule has 1 aromatic heterocycles. The number of carbonyl (C=O) groups excluding carboxylic acids is 1. The summed E-state index contributed by atoms with van der Waals surface area (Å²) in [6.07, 6.45) is 1.95. The van der Waals surface area contributed by atoms with E-state index < -0.39 is 0 Å². The summed E-state index contributed by atoms with van der Waals surface area (Å²) in [6.45, 7) is 6.55. The maximum Gasteiger partial charge on any atom is 0.257 e. The fraction of sp³-hybridized carbons (Fsp3) is 0.250. The molecule has 150 valence electrons. The molecular weight excluding hydrogens is 364 g/mol. The lowest BCUT2D eigenvalue weighted by Gasteiger charge is -2.10. The van der Waals surface area contributed by atoms with E-state index in [1.165, 1.54) is 0 Å². The van der Waals surface area contributed by atoms with Crippen molar-refractivity contribution in [2.24, 2.45) is 0 Å². The van der Waals surface area contributed by atoms with Gasteiger partial charge in [0, 0.05) is 11.4 Å². The largest absolute Gasteiger partial charge is 0.494 e. The van der Waals surface area contributed by atoms with Crippen molar-refractivity contribution < 1.29 is 14.3 Å². The number of ether oxygens (including phenoxy) is 2. The van der Waals surface area contributed by atoms with Crippen LogP contribution in [0.15, 0.2) is 60.7 Å². The molecule has 0 aliphatic rings. The summed E-state index contributed by atoms with van der Waals surface area (Å²) in [5, 5.41) is 2.91. The van der Waals surface area contributed by atoms with Gasteiger partial charge < -0.3 is 14.8 Å². The van der Waals surface area contributed by atoms with Crippen molar-refractivity contribution >= 4 is 11.6 Å². The zero-order valence-electron chi connectivity index (χ0n) is 17.1. The van der Waals surface area contributed by atoms with Crippen molar-refractivity contribution in [1.82, 2.24) is 4.98 Å². The highest BCUT2D eigenvalue weighted by Crippen LogP contribution is 2.25. The minimum absolute atomic E-state index is 0.168. The second-order valence-corrected chi connectivity index (χ2v) is 6.67. The molecule has 0 aliphatic heterocycles. The first-order valence-corrected chi connectivity index (χ1v) is 9.87. The first kappa shape index (κ1) is 20.4. The Kier molecular flexibility index (Phi) is 6.85. The minimum atomic E-state index is -0.168. The van der Waals surface area contributed by atoms with Crippen molar-refractivity contribution in [3.8, 4) is 17.2 Å². The van der Waals surface area contributed by atoms with E-state index in [-0.39, 0.29) is 5.91 Å². The second-order valence-electron chi connectivity index (χ2n) is 6.67. The highest BCUT2D eigenvalue weighted by atomic mass is 16.5. The molecule has 0 spiro atoms. The zero-order valence-corrected chi connectivity index (χ0v) is 17.1. The molecule has 0 unspecified atom stereocenters. The number of aryl methyl sites for hydroxylation is 2. The Balaban J connectivity index is 1.62. The lowest BCUT2D eigenvalue weighted by atomic mass is 10.1. The summed E-state index contributed by atoms with van der Waals surface area (Å²) >= 11 is 0. The summed E-state index contributed by atoms with van der Waals surface area (Å²) in [5.74, 6) is 2.05. The van der Waals surface area contributed by atoms with Gasteiger partial charge in [-0.05, 0) is 80.9 Å². The number of rotatable bonds is 8. The number of carbonyl (C=O) groups is 1. The van der Waals surface area contributed by atoms with Crippen molar-refractivity contribution in [2.75, 3.05) is 11.9 Å². The van der Waals surface area contributed by atoms with Crippen molar-refractivity contribution in [2.45, 2.75) is 33.6 Å². The van der Waals surface area contributed by atoms with Crippen LogP contribution in [-0.2, 0) is 6.42 Å². The van der Waals surface area contributed by atoms with Gasteiger partial charge in [0.25, 0.3) is 5.91 Å². The maximum absolute atomic E-state index is 12.6. The SMILES string of the molecule is CCCc1ccc(C(=O)Nc2ccc(Oc3ccc(OCC)cc3)cc2)c(C)n1. The monoisotopic (exact) mass is 390 g/mol. The Bertz CT molecular complexity index is 951. The highest BCUT2D eigenvalue weighted by Gasteiger charge is 2.11. The van der Waals surface area contributed by atoms with Gasteiger partial charge in [-0.2, -0.15) is 0 Å². The third-order valence-corrected chi connectivity index (χ3v) is 4.38. The number of hydrogen-bond donors (Lipinski definition) is 1. The van der Waals surface area contributed by atoms with Gasteiger partial charge in [0.15, 0.2) is 0 Å². The Hall–Kier alpha value is -3.34. The molecule has 1 amide bonds. The first-order chi connectivity index (χ1) is 14.1. The van der Waals surface area contributed by atoms with Gasteiger partial charge in [-0.15, -0.1) is 0 Å². The number of benzene rings is 2. The van der Waals surface area contributed by atoms with Crippen LogP contribution in [0.5, 0.6) is 17.2 Å². The molecular formula is C24H26N2O3. The molecule has 0 saturated carbocycles. The van der Waals surface area contributed by atoms with Gasteiger partial charge >= 0.3 is 0 Å². The van der Waals surface area contributed by atoms with Gasteiger partial charge in [0.05, 0.1) is 17.9 Å².